The summed E-state index contributed by atoms with van der Waals surface area (Å²) in [5, 5.41) is 31.0. The van der Waals surface area contributed by atoms with Gasteiger partial charge in [-0.25, -0.2) is 19.7 Å². The minimum atomic E-state index is -1.07. The zero-order chi connectivity index (χ0) is 59.4. The second kappa shape index (κ2) is 25.6. The van der Waals surface area contributed by atoms with E-state index in [1.165, 1.54) is 27.6 Å². The molecule has 442 valence electrons. The van der Waals surface area contributed by atoms with Crippen LogP contribution in [0.5, 0.6) is 5.75 Å². The number of benzene rings is 4. The van der Waals surface area contributed by atoms with Crippen molar-refractivity contribution in [2.24, 2.45) is 16.7 Å². The molecule has 2 saturated heterocycles. The van der Waals surface area contributed by atoms with Gasteiger partial charge in [-0.2, -0.15) is 0 Å². The van der Waals surface area contributed by atoms with Gasteiger partial charge in [0.2, 0.25) is 17.7 Å². The van der Waals surface area contributed by atoms with E-state index in [1.54, 1.807) is 11.3 Å². The molecule has 6 heterocycles. The SMILES string of the molecule is Cc1ncsc1-c1ccc(CNC(=O)[C@@H]2C[C@@H](O)CN2C(=O)[C@@H](NC(=O)CC2CCC3(CC2)CN(CC#Cc2ccc(OCCCc4sc(N5CCc6cccc(C(=O)Nc7nc8ccccc8s7)c6C5)nc4C(=O)O)cc2)C3)C(C)(C)C)cc1. The molecule has 20 heteroatoms. The number of hydrogen-bond acceptors (Lipinski definition) is 15. The van der Waals surface area contributed by atoms with E-state index in [0.717, 1.165) is 87.4 Å². The molecular formula is C65H71N9O8S3. The lowest BCUT2D eigenvalue weighted by atomic mass is 9.65. The zero-order valence-corrected chi connectivity index (χ0v) is 50.8. The molecule has 3 aromatic heterocycles. The van der Waals surface area contributed by atoms with E-state index in [9.17, 15) is 34.2 Å². The van der Waals surface area contributed by atoms with Crippen LogP contribution in [0.25, 0.3) is 20.7 Å². The Morgan fingerprint density at radius 3 is 2.44 bits per heavy atom. The third-order valence-corrected chi connectivity index (χ3v) is 20.0. The van der Waals surface area contributed by atoms with Crippen LogP contribution in [0.2, 0.25) is 0 Å². The predicted octanol–water partition coefficient (Wildman–Crippen LogP) is 9.75. The minimum absolute atomic E-state index is 0.0253. The smallest absolute Gasteiger partial charge is 0.355 e. The number of aryl methyl sites for hydroxylation is 2. The molecule has 11 rings (SSSR count). The molecule has 1 spiro atoms. The molecule has 17 nitrogen and oxygen atoms in total. The molecular weight excluding hydrogens is 1130 g/mol. The maximum absolute atomic E-state index is 14.3. The number of aliphatic hydroxyl groups is 1. The Labute approximate surface area is 507 Å². The number of ether oxygens (including phenoxy) is 1. The highest BCUT2D eigenvalue weighted by atomic mass is 32.1. The number of hydrogen-bond donors (Lipinski definition) is 5. The molecule has 4 aliphatic rings. The van der Waals surface area contributed by atoms with Gasteiger partial charge in [-0.1, -0.05) is 92.5 Å². The van der Waals surface area contributed by atoms with Crippen molar-refractivity contribution in [3.63, 3.8) is 0 Å². The number of amides is 4. The summed E-state index contributed by atoms with van der Waals surface area (Å²) in [6.45, 7) is 12.1. The summed E-state index contributed by atoms with van der Waals surface area (Å²) in [5.41, 5.74) is 8.69. The first-order valence-corrected chi connectivity index (χ1v) is 31.7. The summed E-state index contributed by atoms with van der Waals surface area (Å²) in [6.07, 6.45) is 5.34. The van der Waals surface area contributed by atoms with Crippen LogP contribution in [-0.2, 0) is 40.3 Å². The van der Waals surface area contributed by atoms with Crippen molar-refractivity contribution >= 4 is 84.1 Å². The second-order valence-corrected chi connectivity index (χ2v) is 27.1. The van der Waals surface area contributed by atoms with Gasteiger partial charge in [0.25, 0.3) is 5.91 Å². The van der Waals surface area contributed by atoms with Crippen molar-refractivity contribution in [1.82, 2.24) is 35.4 Å². The van der Waals surface area contributed by atoms with Gasteiger partial charge in [0.1, 0.15) is 17.8 Å². The molecule has 4 aromatic carbocycles. The number of thiazole rings is 3. The Hall–Kier alpha value is -7.54. The van der Waals surface area contributed by atoms with Crippen LogP contribution in [-0.4, -0.2) is 122 Å². The number of carboxylic acids is 1. The van der Waals surface area contributed by atoms with Gasteiger partial charge in [0.15, 0.2) is 16.0 Å². The highest BCUT2D eigenvalue weighted by Crippen LogP contribution is 2.46. The summed E-state index contributed by atoms with van der Waals surface area (Å²) >= 11 is 4.39. The van der Waals surface area contributed by atoms with Crippen molar-refractivity contribution in [2.45, 2.75) is 117 Å². The number of fused-ring (bicyclic) bond motifs is 2. The van der Waals surface area contributed by atoms with Gasteiger partial charge in [-0.3, -0.25) is 29.4 Å². The molecule has 3 atom stereocenters. The standard InChI is InChI=1S/C65H71N9O8S3/c1-40-56(83-39-67-40)45-20-16-43(17-21-45)34-66-59(78)51-33-46(75)35-74(51)60(79)57(64(2,3)4)69-54(76)32-42-24-27-65(28-25-42)37-72(38-65)29-8-10-41-18-22-47(23-19-41)82-31-9-15-53-55(61(80)81)70-63(85-53)73-30-26-44-11-7-12-48(49(44)36-73)58(77)71-62-68-50-13-5-6-14-52(50)84-62/h5-7,11-14,16-23,39,42,46,51,57,75H,9,15,24-38H2,1-4H3,(H,66,78)(H,69,76)(H,80,81)(H,68,71,77)/t46-,51+,57-/m1/s1. The fourth-order valence-electron chi connectivity index (χ4n) is 12.3. The number of nitrogens with one attached hydrogen (secondary N) is 3. The maximum Gasteiger partial charge on any atom is 0.355 e. The van der Waals surface area contributed by atoms with Crippen molar-refractivity contribution in [2.75, 3.05) is 49.5 Å². The number of carbonyl (C=O) groups is 5. The van der Waals surface area contributed by atoms with Crippen molar-refractivity contribution in [3.8, 4) is 28.0 Å². The zero-order valence-electron chi connectivity index (χ0n) is 48.3. The molecule has 7 aromatic rings. The van der Waals surface area contributed by atoms with Crippen LogP contribution >= 0.6 is 34.0 Å². The van der Waals surface area contributed by atoms with Crippen LogP contribution in [0.15, 0.2) is 96.5 Å². The lowest BCUT2D eigenvalue weighted by Crippen LogP contribution is -2.58. The number of para-hydroxylation sites is 1. The third kappa shape index (κ3) is 13.9. The first-order chi connectivity index (χ1) is 40.9. The Kier molecular flexibility index (Phi) is 17.8. The molecule has 1 aliphatic carbocycles. The van der Waals surface area contributed by atoms with Gasteiger partial charge in [-0.15, -0.1) is 22.7 Å². The molecule has 4 amide bonds. The van der Waals surface area contributed by atoms with Crippen LogP contribution < -0.4 is 25.6 Å². The molecule has 3 fully saturated rings. The first kappa shape index (κ1) is 59.2. The van der Waals surface area contributed by atoms with Crippen molar-refractivity contribution < 1.29 is 38.9 Å². The molecule has 0 radical (unpaired) electrons. The number of aliphatic hydroxyl groups excluding tert-OH is 1. The van der Waals surface area contributed by atoms with Crippen LogP contribution in [0, 0.1) is 35.5 Å². The van der Waals surface area contributed by atoms with Gasteiger partial charge >= 0.3 is 5.97 Å². The number of carbonyl (C=O) groups excluding carboxylic acids is 4. The number of likely N-dealkylation sites (tertiary alicyclic amines) is 2. The topological polar surface area (TPSA) is 220 Å². The number of aromatic carboxylic acids is 1. The van der Waals surface area contributed by atoms with Crippen molar-refractivity contribution in [1.29, 1.82) is 0 Å². The van der Waals surface area contributed by atoms with E-state index < -0.39 is 29.6 Å². The van der Waals surface area contributed by atoms with Crippen molar-refractivity contribution in [3.05, 3.63) is 141 Å². The lowest BCUT2D eigenvalue weighted by Gasteiger charge is -2.53. The Bertz CT molecular complexity index is 3620. The highest BCUT2D eigenvalue weighted by molar-refractivity contribution is 7.22. The molecule has 0 unspecified atom stereocenters. The van der Waals surface area contributed by atoms with Gasteiger partial charge < -0.3 is 35.4 Å². The number of nitrogens with zero attached hydrogens (tertiary/aromatic N) is 6. The lowest BCUT2D eigenvalue weighted by molar-refractivity contribution is -0.144. The van der Waals surface area contributed by atoms with Gasteiger partial charge in [0, 0.05) is 68.1 Å². The van der Waals surface area contributed by atoms with Gasteiger partial charge in [0.05, 0.1) is 45.6 Å². The predicted molar refractivity (Wildman–Crippen MR) is 332 cm³/mol. The monoisotopic (exact) mass is 1200 g/mol. The maximum atomic E-state index is 14.3. The van der Waals surface area contributed by atoms with Gasteiger partial charge in [-0.05, 0) is 133 Å². The van der Waals surface area contributed by atoms with E-state index >= 15 is 0 Å². The minimum Gasteiger partial charge on any atom is -0.494 e. The van der Waals surface area contributed by atoms with E-state index in [1.807, 2.05) is 124 Å². The van der Waals surface area contributed by atoms with Crippen LogP contribution in [0.4, 0.5) is 10.3 Å². The molecule has 85 heavy (non-hydrogen) atoms. The fraction of sp³-hybridized carbons (Fsp3) is 0.415. The largest absolute Gasteiger partial charge is 0.494 e. The quantitative estimate of drug-likeness (QED) is 0.0400. The molecule has 0 bridgehead atoms. The summed E-state index contributed by atoms with van der Waals surface area (Å²) in [6, 6.07) is 27.5. The number of anilines is 2. The summed E-state index contributed by atoms with van der Waals surface area (Å²) in [4.78, 5) is 88.7. The Morgan fingerprint density at radius 1 is 0.929 bits per heavy atom. The Balaban J connectivity index is 0.592. The molecule has 3 aliphatic heterocycles. The second-order valence-electron chi connectivity index (χ2n) is 24.1. The molecule has 5 N–H and O–H groups in total. The number of carboxylic acid groups (broad SMARTS) is 1. The van der Waals surface area contributed by atoms with E-state index in [0.29, 0.717) is 78.4 Å². The average Bonchev–Trinajstić information content (AvgIpc) is 2.97. The summed E-state index contributed by atoms with van der Waals surface area (Å²) in [7, 11) is 0. The molecule has 1 saturated carbocycles. The number of aromatic nitrogens is 3. The van der Waals surface area contributed by atoms with E-state index in [2.05, 4.69) is 52.5 Å². The number of β-amino-alcohol motifs (C(OH)–C–C–N with tert-alkyl or cyclic N) is 1. The van der Waals surface area contributed by atoms with Crippen LogP contribution in [0.1, 0.15) is 119 Å². The summed E-state index contributed by atoms with van der Waals surface area (Å²) < 4.78 is 7.07. The first-order valence-electron chi connectivity index (χ1n) is 29.2. The highest BCUT2D eigenvalue weighted by Gasteiger charge is 2.47. The third-order valence-electron chi connectivity index (χ3n) is 16.9. The van der Waals surface area contributed by atoms with E-state index in [4.69, 9.17) is 4.74 Å². The number of rotatable bonds is 18. The van der Waals surface area contributed by atoms with Crippen LogP contribution in [0.3, 0.4) is 0 Å². The van der Waals surface area contributed by atoms with E-state index in [-0.39, 0.29) is 60.2 Å². The Morgan fingerprint density at radius 2 is 1.71 bits per heavy atom. The summed E-state index contributed by atoms with van der Waals surface area (Å²) in [5.74, 6) is 5.40. The normalized spacial score (nSPS) is 18.0. The average molecular weight is 1200 g/mol. The fourth-order valence-corrected chi connectivity index (χ4v) is 15.0.